The topological polar surface area (TPSA) is 97.6 Å². The summed E-state index contributed by atoms with van der Waals surface area (Å²) in [4.78, 5) is 23.9. The summed E-state index contributed by atoms with van der Waals surface area (Å²) in [6.45, 7) is 7.87. The van der Waals surface area contributed by atoms with E-state index < -0.39 is 11.7 Å². The van der Waals surface area contributed by atoms with Gasteiger partial charge in [-0.05, 0) is 45.7 Å². The number of fused-ring (bicyclic) bond motifs is 1. The van der Waals surface area contributed by atoms with Crippen LogP contribution in [0.2, 0.25) is 0 Å². The molecule has 27 heavy (non-hydrogen) atoms. The standard InChI is InChI=1S/C19H29N5O3/c1-5-9-14(17-23-22-15-10-6-7-13-24(15)17)21-16(25)11-8-12-20-18(26)27-19(2,3)4/h6-7,10,13-14H,5,8-9,11-12H2,1-4H3,(H,20,26)(H,21,25). The molecule has 0 aromatic carbocycles. The fraction of sp³-hybridized carbons (Fsp3) is 0.579. The highest BCUT2D eigenvalue weighted by Gasteiger charge is 2.20. The van der Waals surface area contributed by atoms with Crippen molar-refractivity contribution in [2.24, 2.45) is 0 Å². The molecule has 0 aliphatic heterocycles. The summed E-state index contributed by atoms with van der Waals surface area (Å²) in [5, 5.41) is 14.1. The average Bonchev–Trinajstić information content (AvgIpc) is 3.01. The Kier molecular flexibility index (Phi) is 7.15. The van der Waals surface area contributed by atoms with Crippen molar-refractivity contribution in [2.75, 3.05) is 6.54 Å². The van der Waals surface area contributed by atoms with Crippen molar-refractivity contribution in [1.29, 1.82) is 0 Å². The molecule has 2 aromatic heterocycles. The first-order valence-corrected chi connectivity index (χ1v) is 9.36. The van der Waals surface area contributed by atoms with Crippen molar-refractivity contribution in [1.82, 2.24) is 25.2 Å². The van der Waals surface area contributed by atoms with Gasteiger partial charge in [0.05, 0.1) is 6.04 Å². The Labute approximate surface area is 159 Å². The van der Waals surface area contributed by atoms with Crippen LogP contribution >= 0.6 is 0 Å². The predicted molar refractivity (Wildman–Crippen MR) is 102 cm³/mol. The smallest absolute Gasteiger partial charge is 0.407 e. The minimum Gasteiger partial charge on any atom is -0.444 e. The summed E-state index contributed by atoms with van der Waals surface area (Å²) in [7, 11) is 0. The second-order valence-corrected chi connectivity index (χ2v) is 7.43. The summed E-state index contributed by atoms with van der Waals surface area (Å²) >= 11 is 0. The zero-order valence-electron chi connectivity index (χ0n) is 16.5. The van der Waals surface area contributed by atoms with E-state index in [1.165, 1.54) is 0 Å². The van der Waals surface area contributed by atoms with Crippen molar-refractivity contribution < 1.29 is 14.3 Å². The van der Waals surface area contributed by atoms with E-state index in [4.69, 9.17) is 4.74 Å². The Hall–Kier alpha value is -2.64. The van der Waals surface area contributed by atoms with Crippen LogP contribution in [-0.2, 0) is 9.53 Å². The SMILES string of the molecule is CCCC(NC(=O)CCCNC(=O)OC(C)(C)C)c1nnc2ccccn12. The van der Waals surface area contributed by atoms with Gasteiger partial charge >= 0.3 is 6.09 Å². The molecule has 0 aliphatic carbocycles. The lowest BCUT2D eigenvalue weighted by molar-refractivity contribution is -0.122. The molecule has 0 aliphatic rings. The van der Waals surface area contributed by atoms with Crippen LogP contribution in [0.1, 0.15) is 65.2 Å². The van der Waals surface area contributed by atoms with Crippen LogP contribution in [0.5, 0.6) is 0 Å². The normalized spacial score (nSPS) is 12.6. The molecule has 1 unspecified atom stereocenters. The molecule has 2 N–H and O–H groups in total. The third kappa shape index (κ3) is 6.54. The lowest BCUT2D eigenvalue weighted by Gasteiger charge is -2.19. The molecule has 0 saturated carbocycles. The molecule has 2 heterocycles. The number of aromatic nitrogens is 3. The van der Waals surface area contributed by atoms with Crippen molar-refractivity contribution in [3.05, 3.63) is 30.2 Å². The Morgan fingerprint density at radius 3 is 2.74 bits per heavy atom. The number of hydrogen-bond acceptors (Lipinski definition) is 5. The molecule has 8 nitrogen and oxygen atoms in total. The fourth-order valence-corrected chi connectivity index (χ4v) is 2.67. The third-order valence-electron chi connectivity index (χ3n) is 3.81. The Balaban J connectivity index is 1.84. The van der Waals surface area contributed by atoms with E-state index in [-0.39, 0.29) is 11.9 Å². The zero-order valence-corrected chi connectivity index (χ0v) is 16.5. The van der Waals surface area contributed by atoms with Crippen LogP contribution < -0.4 is 10.6 Å². The summed E-state index contributed by atoms with van der Waals surface area (Å²) in [6, 6.07) is 5.49. The van der Waals surface area contributed by atoms with E-state index in [1.807, 2.05) is 49.6 Å². The quantitative estimate of drug-likeness (QED) is 0.691. The first-order valence-electron chi connectivity index (χ1n) is 9.36. The fourth-order valence-electron chi connectivity index (χ4n) is 2.67. The van der Waals surface area contributed by atoms with Gasteiger partial charge in [-0.2, -0.15) is 0 Å². The molecular weight excluding hydrogens is 346 g/mol. The summed E-state index contributed by atoms with van der Waals surface area (Å²) in [6.07, 6.45) is 3.95. The highest BCUT2D eigenvalue weighted by atomic mass is 16.6. The summed E-state index contributed by atoms with van der Waals surface area (Å²) in [5.41, 5.74) is 0.222. The number of rotatable bonds is 8. The molecule has 0 spiro atoms. The van der Waals surface area contributed by atoms with Gasteiger partial charge in [-0.25, -0.2) is 4.79 Å². The number of ether oxygens (including phenoxy) is 1. The van der Waals surface area contributed by atoms with E-state index in [0.29, 0.717) is 19.4 Å². The number of hydrogen-bond donors (Lipinski definition) is 2. The Morgan fingerprint density at radius 1 is 1.26 bits per heavy atom. The van der Waals surface area contributed by atoms with Crippen molar-refractivity contribution in [3.8, 4) is 0 Å². The molecule has 0 bridgehead atoms. The van der Waals surface area contributed by atoms with Gasteiger partial charge in [0.25, 0.3) is 0 Å². The van der Waals surface area contributed by atoms with Gasteiger partial charge in [-0.1, -0.05) is 19.4 Å². The molecular formula is C19H29N5O3. The van der Waals surface area contributed by atoms with Crippen molar-refractivity contribution in [2.45, 2.75) is 65.0 Å². The van der Waals surface area contributed by atoms with Gasteiger partial charge in [0, 0.05) is 19.2 Å². The average molecular weight is 375 g/mol. The maximum absolute atomic E-state index is 12.3. The van der Waals surface area contributed by atoms with Crippen LogP contribution in [-0.4, -0.2) is 38.7 Å². The molecule has 2 amide bonds. The number of carbonyl (C=O) groups is 2. The largest absolute Gasteiger partial charge is 0.444 e. The van der Waals surface area contributed by atoms with Crippen LogP contribution in [0.3, 0.4) is 0 Å². The number of carbonyl (C=O) groups excluding carboxylic acids is 2. The van der Waals surface area contributed by atoms with Crippen LogP contribution in [0.15, 0.2) is 24.4 Å². The monoisotopic (exact) mass is 375 g/mol. The summed E-state index contributed by atoms with van der Waals surface area (Å²) in [5.74, 6) is 0.653. The first kappa shape index (κ1) is 20.7. The maximum atomic E-state index is 12.3. The number of nitrogens with one attached hydrogen (secondary N) is 2. The second-order valence-electron chi connectivity index (χ2n) is 7.43. The van der Waals surface area contributed by atoms with Gasteiger partial charge in [-0.15, -0.1) is 10.2 Å². The van der Waals surface area contributed by atoms with Crippen LogP contribution in [0, 0.1) is 0 Å². The van der Waals surface area contributed by atoms with Gasteiger partial charge in [0.2, 0.25) is 5.91 Å². The summed E-state index contributed by atoms with van der Waals surface area (Å²) < 4.78 is 7.06. The minimum absolute atomic E-state index is 0.0767. The maximum Gasteiger partial charge on any atom is 0.407 e. The van der Waals surface area contributed by atoms with Gasteiger partial charge in [0.15, 0.2) is 11.5 Å². The minimum atomic E-state index is -0.532. The zero-order chi connectivity index (χ0) is 19.9. The van der Waals surface area contributed by atoms with E-state index in [0.717, 1.165) is 24.3 Å². The van der Waals surface area contributed by atoms with Crippen LogP contribution in [0.25, 0.3) is 5.65 Å². The van der Waals surface area contributed by atoms with E-state index in [2.05, 4.69) is 27.8 Å². The van der Waals surface area contributed by atoms with E-state index >= 15 is 0 Å². The molecule has 2 aromatic rings. The van der Waals surface area contributed by atoms with Crippen molar-refractivity contribution in [3.63, 3.8) is 0 Å². The number of alkyl carbamates (subject to hydrolysis) is 1. The molecule has 2 rings (SSSR count). The third-order valence-corrected chi connectivity index (χ3v) is 3.81. The molecule has 1 atom stereocenters. The van der Waals surface area contributed by atoms with E-state index in [9.17, 15) is 9.59 Å². The van der Waals surface area contributed by atoms with Gasteiger partial charge in [-0.3, -0.25) is 9.20 Å². The Morgan fingerprint density at radius 2 is 2.04 bits per heavy atom. The Bertz CT molecular complexity index is 766. The number of amides is 2. The lowest BCUT2D eigenvalue weighted by atomic mass is 10.1. The predicted octanol–water partition coefficient (Wildman–Crippen LogP) is 2.99. The highest BCUT2D eigenvalue weighted by molar-refractivity contribution is 5.76. The van der Waals surface area contributed by atoms with Crippen LogP contribution in [0.4, 0.5) is 4.79 Å². The second kappa shape index (κ2) is 9.34. The molecule has 0 saturated heterocycles. The molecule has 8 heteroatoms. The molecule has 0 fully saturated rings. The first-order chi connectivity index (χ1) is 12.8. The van der Waals surface area contributed by atoms with Crippen molar-refractivity contribution >= 4 is 17.6 Å². The van der Waals surface area contributed by atoms with Gasteiger partial charge in [0.1, 0.15) is 5.60 Å². The molecule has 0 radical (unpaired) electrons. The van der Waals surface area contributed by atoms with E-state index in [1.54, 1.807) is 0 Å². The van der Waals surface area contributed by atoms with Gasteiger partial charge < -0.3 is 15.4 Å². The molecule has 148 valence electrons. The highest BCUT2D eigenvalue weighted by Crippen LogP contribution is 2.18. The lowest BCUT2D eigenvalue weighted by Crippen LogP contribution is -2.34. The number of pyridine rings is 1. The number of nitrogens with zero attached hydrogens (tertiary/aromatic N) is 3.